The van der Waals surface area contributed by atoms with Gasteiger partial charge in [0.1, 0.15) is 0 Å². The number of carbonyl (C=O) groups is 2. The molecule has 6 heteroatoms. The zero-order chi connectivity index (χ0) is 16.1. The molecule has 1 aromatic carbocycles. The molecule has 2 amide bonds. The summed E-state index contributed by atoms with van der Waals surface area (Å²) >= 11 is 6.10. The molecule has 1 fully saturated rings. The van der Waals surface area contributed by atoms with Crippen molar-refractivity contribution in [3.63, 3.8) is 0 Å². The molecule has 120 valence electrons. The van der Waals surface area contributed by atoms with Gasteiger partial charge in [-0.25, -0.2) is 0 Å². The molecule has 0 atom stereocenters. The number of rotatable bonds is 3. The minimum Gasteiger partial charge on any atom is -0.396 e. The summed E-state index contributed by atoms with van der Waals surface area (Å²) in [4.78, 5) is 23.9. The summed E-state index contributed by atoms with van der Waals surface area (Å²) in [6.45, 7) is 2.02. The Bertz CT molecular complexity index is 554. The summed E-state index contributed by atoms with van der Waals surface area (Å²) in [5.41, 5.74) is 1.27. The summed E-state index contributed by atoms with van der Waals surface area (Å²) in [6.07, 6.45) is 3.31. The Morgan fingerprint density at radius 3 is 2.55 bits per heavy atom. The second-order valence-corrected chi connectivity index (χ2v) is 6.14. The number of hydrogen-bond acceptors (Lipinski definition) is 3. The smallest absolute Gasteiger partial charge is 0.313 e. The molecular formula is C16H21ClN2O3. The van der Waals surface area contributed by atoms with Crippen LogP contribution in [0.2, 0.25) is 5.02 Å². The van der Waals surface area contributed by atoms with Gasteiger partial charge in [0, 0.05) is 12.6 Å². The number of halogens is 1. The first-order valence-corrected chi connectivity index (χ1v) is 7.87. The van der Waals surface area contributed by atoms with Crippen LogP contribution < -0.4 is 10.6 Å². The molecular weight excluding hydrogens is 304 g/mol. The molecule has 0 spiro atoms. The van der Waals surface area contributed by atoms with E-state index in [9.17, 15) is 9.59 Å². The molecule has 1 saturated carbocycles. The second-order valence-electron chi connectivity index (χ2n) is 5.76. The van der Waals surface area contributed by atoms with Crippen LogP contribution in [0.25, 0.3) is 0 Å². The number of hydrogen-bond donors (Lipinski definition) is 3. The van der Waals surface area contributed by atoms with E-state index >= 15 is 0 Å². The lowest BCUT2D eigenvalue weighted by Gasteiger charge is -2.27. The van der Waals surface area contributed by atoms with Gasteiger partial charge in [0.25, 0.3) is 0 Å². The number of benzene rings is 1. The maximum atomic E-state index is 11.9. The minimum atomic E-state index is -0.711. The highest BCUT2D eigenvalue weighted by Gasteiger charge is 2.24. The van der Waals surface area contributed by atoms with Gasteiger partial charge in [-0.05, 0) is 50.2 Å². The Kier molecular flexibility index (Phi) is 5.80. The number of nitrogens with one attached hydrogen (secondary N) is 2. The highest BCUT2D eigenvalue weighted by atomic mass is 35.5. The lowest BCUT2D eigenvalue weighted by atomic mass is 9.86. The van der Waals surface area contributed by atoms with Crippen LogP contribution in [0.15, 0.2) is 18.2 Å². The minimum absolute atomic E-state index is 0.00553. The van der Waals surface area contributed by atoms with E-state index in [0.717, 1.165) is 31.2 Å². The highest BCUT2D eigenvalue weighted by Crippen LogP contribution is 2.25. The number of aliphatic hydroxyl groups excluding tert-OH is 1. The monoisotopic (exact) mass is 324 g/mol. The third-order valence-electron chi connectivity index (χ3n) is 4.09. The van der Waals surface area contributed by atoms with Gasteiger partial charge in [-0.1, -0.05) is 23.7 Å². The first-order valence-electron chi connectivity index (χ1n) is 7.49. The number of aryl methyl sites for hydroxylation is 1. The number of aliphatic hydroxyl groups is 1. The normalized spacial score (nSPS) is 21.2. The quantitative estimate of drug-likeness (QED) is 0.746. The summed E-state index contributed by atoms with van der Waals surface area (Å²) < 4.78 is 0. The van der Waals surface area contributed by atoms with Gasteiger partial charge in [-0.3, -0.25) is 9.59 Å². The van der Waals surface area contributed by atoms with Crippen LogP contribution in [-0.4, -0.2) is 29.6 Å². The fourth-order valence-electron chi connectivity index (χ4n) is 2.66. The molecule has 1 aliphatic carbocycles. The van der Waals surface area contributed by atoms with Gasteiger partial charge in [-0.15, -0.1) is 0 Å². The summed E-state index contributed by atoms with van der Waals surface area (Å²) in [5.74, 6) is -1.05. The standard InChI is InChI=1S/C16H21ClN2O3/c1-10-3-2-4-13(14(10)17)19-16(22)15(21)18-12-7-5-11(9-20)6-8-12/h2-4,11-12,20H,5-9H2,1H3,(H,18,21)(H,19,22). The van der Waals surface area contributed by atoms with Crippen molar-refractivity contribution in [1.82, 2.24) is 5.32 Å². The third-order valence-corrected chi connectivity index (χ3v) is 4.59. The van der Waals surface area contributed by atoms with E-state index in [1.807, 2.05) is 13.0 Å². The van der Waals surface area contributed by atoms with Crippen molar-refractivity contribution < 1.29 is 14.7 Å². The molecule has 3 N–H and O–H groups in total. The molecule has 0 bridgehead atoms. The number of carbonyl (C=O) groups excluding carboxylic acids is 2. The fraction of sp³-hybridized carbons (Fsp3) is 0.500. The van der Waals surface area contributed by atoms with E-state index in [2.05, 4.69) is 10.6 Å². The van der Waals surface area contributed by atoms with Crippen LogP contribution in [0, 0.1) is 12.8 Å². The van der Waals surface area contributed by atoms with Crippen molar-refractivity contribution in [3.05, 3.63) is 28.8 Å². The Balaban J connectivity index is 1.87. The van der Waals surface area contributed by atoms with E-state index in [1.165, 1.54) is 0 Å². The molecule has 22 heavy (non-hydrogen) atoms. The molecule has 0 aliphatic heterocycles. The Hall–Kier alpha value is -1.59. The van der Waals surface area contributed by atoms with Crippen molar-refractivity contribution in [2.24, 2.45) is 5.92 Å². The van der Waals surface area contributed by atoms with Crippen molar-refractivity contribution in [3.8, 4) is 0 Å². The average molecular weight is 325 g/mol. The van der Waals surface area contributed by atoms with Crippen LogP contribution in [-0.2, 0) is 9.59 Å². The first kappa shape index (κ1) is 16.8. The Morgan fingerprint density at radius 1 is 1.23 bits per heavy atom. The van der Waals surface area contributed by atoms with Gasteiger partial charge in [0.05, 0.1) is 10.7 Å². The van der Waals surface area contributed by atoms with E-state index in [-0.39, 0.29) is 12.6 Å². The Morgan fingerprint density at radius 2 is 1.91 bits per heavy atom. The van der Waals surface area contributed by atoms with Crippen LogP contribution in [0.3, 0.4) is 0 Å². The molecule has 1 aliphatic rings. The molecule has 0 unspecified atom stereocenters. The topological polar surface area (TPSA) is 78.4 Å². The van der Waals surface area contributed by atoms with Crippen LogP contribution >= 0.6 is 11.6 Å². The zero-order valence-corrected chi connectivity index (χ0v) is 13.3. The average Bonchev–Trinajstić information content (AvgIpc) is 2.52. The van der Waals surface area contributed by atoms with E-state index < -0.39 is 11.8 Å². The van der Waals surface area contributed by atoms with E-state index in [0.29, 0.717) is 16.6 Å². The van der Waals surface area contributed by atoms with Crippen molar-refractivity contribution >= 4 is 29.1 Å². The van der Waals surface area contributed by atoms with Gasteiger partial charge in [0.15, 0.2) is 0 Å². The SMILES string of the molecule is Cc1cccc(NC(=O)C(=O)NC2CCC(CO)CC2)c1Cl. The van der Waals surface area contributed by atoms with Crippen molar-refractivity contribution in [2.75, 3.05) is 11.9 Å². The second kappa shape index (κ2) is 7.61. The lowest BCUT2D eigenvalue weighted by Crippen LogP contribution is -2.43. The third kappa shape index (κ3) is 4.21. The molecule has 5 nitrogen and oxygen atoms in total. The van der Waals surface area contributed by atoms with Gasteiger partial charge < -0.3 is 15.7 Å². The number of amides is 2. The molecule has 2 rings (SSSR count). The van der Waals surface area contributed by atoms with Crippen LogP contribution in [0.4, 0.5) is 5.69 Å². The zero-order valence-electron chi connectivity index (χ0n) is 12.6. The summed E-state index contributed by atoms with van der Waals surface area (Å²) in [5, 5.41) is 14.8. The van der Waals surface area contributed by atoms with Gasteiger partial charge >= 0.3 is 11.8 Å². The molecule has 0 saturated heterocycles. The summed E-state index contributed by atoms with van der Waals surface area (Å²) in [7, 11) is 0. The maximum absolute atomic E-state index is 11.9. The maximum Gasteiger partial charge on any atom is 0.313 e. The Labute approximate surface area is 135 Å². The predicted molar refractivity (Wildman–Crippen MR) is 85.8 cm³/mol. The fourth-order valence-corrected chi connectivity index (χ4v) is 2.84. The molecule has 0 heterocycles. The summed E-state index contributed by atoms with van der Waals surface area (Å²) in [6, 6.07) is 5.25. The van der Waals surface area contributed by atoms with Gasteiger partial charge in [-0.2, -0.15) is 0 Å². The first-order chi connectivity index (χ1) is 10.5. The van der Waals surface area contributed by atoms with Crippen molar-refractivity contribution in [2.45, 2.75) is 38.6 Å². The predicted octanol–water partition coefficient (Wildman–Crippen LogP) is 2.25. The van der Waals surface area contributed by atoms with Crippen LogP contribution in [0.5, 0.6) is 0 Å². The van der Waals surface area contributed by atoms with Gasteiger partial charge in [0.2, 0.25) is 0 Å². The van der Waals surface area contributed by atoms with Crippen LogP contribution in [0.1, 0.15) is 31.2 Å². The van der Waals surface area contributed by atoms with E-state index in [1.54, 1.807) is 12.1 Å². The van der Waals surface area contributed by atoms with E-state index in [4.69, 9.17) is 16.7 Å². The molecule has 0 aromatic heterocycles. The lowest BCUT2D eigenvalue weighted by molar-refractivity contribution is -0.136. The largest absolute Gasteiger partial charge is 0.396 e. The number of anilines is 1. The highest BCUT2D eigenvalue weighted by molar-refractivity contribution is 6.41. The molecule has 0 radical (unpaired) electrons. The molecule has 1 aromatic rings. The van der Waals surface area contributed by atoms with Crippen molar-refractivity contribution in [1.29, 1.82) is 0 Å².